The molecule has 0 bridgehead atoms. The monoisotopic (exact) mass is 213 g/mol. The maximum atomic E-state index is 11.4. The van der Waals surface area contributed by atoms with Crippen molar-refractivity contribution in [1.82, 2.24) is 5.32 Å². The Morgan fingerprint density at radius 2 is 1.80 bits per heavy atom. The van der Waals surface area contributed by atoms with E-state index in [-0.39, 0.29) is 0 Å². The van der Waals surface area contributed by atoms with Crippen LogP contribution in [0.4, 0.5) is 0 Å². The van der Waals surface area contributed by atoms with Crippen molar-refractivity contribution >= 4 is 5.78 Å². The lowest BCUT2D eigenvalue weighted by atomic mass is 10.1. The molecule has 1 atom stereocenters. The topological polar surface area (TPSA) is 29.1 Å². The molecule has 90 valence electrons. The molecule has 1 unspecified atom stereocenters. The van der Waals surface area contributed by atoms with Crippen LogP contribution in [0.3, 0.4) is 0 Å². The van der Waals surface area contributed by atoms with E-state index < -0.39 is 0 Å². The normalized spacial score (nSPS) is 12.7. The van der Waals surface area contributed by atoms with E-state index in [0.717, 1.165) is 19.3 Å². The molecular formula is C13H27NO. The smallest absolute Gasteiger partial charge is 0.146 e. The molecule has 0 amide bonds. The number of hydrogen-bond donors (Lipinski definition) is 1. The fourth-order valence-electron chi connectivity index (χ4n) is 1.45. The van der Waals surface area contributed by atoms with E-state index in [0.29, 0.717) is 18.4 Å². The predicted octanol–water partition coefficient (Wildman–Crippen LogP) is 3.30. The van der Waals surface area contributed by atoms with Gasteiger partial charge in [-0.15, -0.1) is 0 Å². The van der Waals surface area contributed by atoms with Crippen molar-refractivity contribution in [2.24, 2.45) is 0 Å². The molecule has 0 fully saturated rings. The van der Waals surface area contributed by atoms with Gasteiger partial charge in [-0.25, -0.2) is 0 Å². The summed E-state index contributed by atoms with van der Waals surface area (Å²) in [5.74, 6) is 0.367. The van der Waals surface area contributed by atoms with Gasteiger partial charge in [-0.2, -0.15) is 0 Å². The lowest BCUT2D eigenvalue weighted by molar-refractivity contribution is -0.118. The van der Waals surface area contributed by atoms with Gasteiger partial charge in [0.25, 0.3) is 0 Å². The van der Waals surface area contributed by atoms with E-state index in [2.05, 4.69) is 26.1 Å². The molecule has 0 aromatic carbocycles. The van der Waals surface area contributed by atoms with Crippen molar-refractivity contribution in [2.45, 2.75) is 71.8 Å². The Morgan fingerprint density at radius 1 is 1.13 bits per heavy atom. The lowest BCUT2D eigenvalue weighted by Crippen LogP contribution is -2.30. The van der Waals surface area contributed by atoms with Gasteiger partial charge in [-0.3, -0.25) is 4.79 Å². The van der Waals surface area contributed by atoms with E-state index in [1.54, 1.807) is 0 Å². The van der Waals surface area contributed by atoms with Crippen LogP contribution in [-0.4, -0.2) is 18.4 Å². The standard InChI is InChI=1S/C13H27NO/c1-4-6-7-8-9-10-13(15)11-14-12(3)5-2/h12,14H,4-11H2,1-3H3. The Hall–Kier alpha value is -0.370. The lowest BCUT2D eigenvalue weighted by Gasteiger charge is -2.09. The van der Waals surface area contributed by atoms with Crippen molar-refractivity contribution in [3.8, 4) is 0 Å². The first kappa shape index (κ1) is 14.6. The molecule has 0 spiro atoms. The van der Waals surface area contributed by atoms with Crippen LogP contribution in [0.2, 0.25) is 0 Å². The second kappa shape index (κ2) is 10.2. The Morgan fingerprint density at radius 3 is 2.40 bits per heavy atom. The molecule has 2 nitrogen and oxygen atoms in total. The van der Waals surface area contributed by atoms with Crippen LogP contribution >= 0.6 is 0 Å². The van der Waals surface area contributed by atoms with E-state index in [9.17, 15) is 4.79 Å². The molecule has 2 heteroatoms. The summed E-state index contributed by atoms with van der Waals surface area (Å²) in [4.78, 5) is 11.4. The van der Waals surface area contributed by atoms with Gasteiger partial charge in [-0.05, 0) is 19.8 Å². The summed E-state index contributed by atoms with van der Waals surface area (Å²) in [6.45, 7) is 7.02. The maximum Gasteiger partial charge on any atom is 0.146 e. The first-order valence-corrected chi connectivity index (χ1v) is 6.45. The Kier molecular flexibility index (Phi) is 9.91. The van der Waals surface area contributed by atoms with Gasteiger partial charge in [0.1, 0.15) is 5.78 Å². The summed E-state index contributed by atoms with van der Waals surface area (Å²) in [6, 6.07) is 0.467. The average Bonchev–Trinajstić information content (AvgIpc) is 2.25. The van der Waals surface area contributed by atoms with Crippen molar-refractivity contribution in [1.29, 1.82) is 0 Å². The molecule has 15 heavy (non-hydrogen) atoms. The molecule has 0 saturated carbocycles. The molecule has 1 N–H and O–H groups in total. The zero-order chi connectivity index (χ0) is 11.5. The second-order valence-electron chi connectivity index (χ2n) is 4.39. The summed E-state index contributed by atoms with van der Waals surface area (Å²) in [7, 11) is 0. The molecule has 0 radical (unpaired) electrons. The first-order chi connectivity index (χ1) is 7.20. The number of rotatable bonds is 10. The number of unbranched alkanes of at least 4 members (excludes halogenated alkanes) is 4. The van der Waals surface area contributed by atoms with Crippen LogP contribution in [0, 0.1) is 0 Å². The molecular weight excluding hydrogens is 186 g/mol. The van der Waals surface area contributed by atoms with Crippen LogP contribution in [0.25, 0.3) is 0 Å². The highest BCUT2D eigenvalue weighted by atomic mass is 16.1. The van der Waals surface area contributed by atoms with Crippen molar-refractivity contribution in [2.75, 3.05) is 6.54 Å². The molecule has 0 rings (SSSR count). The number of ketones is 1. The minimum absolute atomic E-state index is 0.367. The second-order valence-corrected chi connectivity index (χ2v) is 4.39. The van der Waals surface area contributed by atoms with Gasteiger partial charge >= 0.3 is 0 Å². The highest BCUT2D eigenvalue weighted by Crippen LogP contribution is 2.05. The van der Waals surface area contributed by atoms with Gasteiger partial charge in [0, 0.05) is 12.5 Å². The fourth-order valence-corrected chi connectivity index (χ4v) is 1.45. The van der Waals surface area contributed by atoms with Crippen LogP contribution in [0.15, 0.2) is 0 Å². The van der Waals surface area contributed by atoms with Crippen molar-refractivity contribution < 1.29 is 4.79 Å². The van der Waals surface area contributed by atoms with E-state index in [1.165, 1.54) is 25.7 Å². The molecule has 0 heterocycles. The number of carbonyl (C=O) groups excluding carboxylic acids is 1. The summed E-state index contributed by atoms with van der Waals surface area (Å²) < 4.78 is 0. The number of Topliss-reactive ketones (excluding diaryl/α,β-unsaturated/α-hetero) is 1. The highest BCUT2D eigenvalue weighted by Gasteiger charge is 2.03. The van der Waals surface area contributed by atoms with Crippen LogP contribution < -0.4 is 5.32 Å². The minimum Gasteiger partial charge on any atom is -0.308 e. The zero-order valence-electron chi connectivity index (χ0n) is 10.6. The molecule has 0 aromatic heterocycles. The predicted molar refractivity (Wildman–Crippen MR) is 66.1 cm³/mol. The Labute approximate surface area is 94.8 Å². The third-order valence-electron chi connectivity index (χ3n) is 2.82. The maximum absolute atomic E-state index is 11.4. The largest absolute Gasteiger partial charge is 0.308 e. The van der Waals surface area contributed by atoms with Crippen molar-refractivity contribution in [3.63, 3.8) is 0 Å². The van der Waals surface area contributed by atoms with Gasteiger partial charge in [0.2, 0.25) is 0 Å². The zero-order valence-corrected chi connectivity index (χ0v) is 10.6. The summed E-state index contributed by atoms with van der Waals surface area (Å²) in [5.41, 5.74) is 0. The molecule has 0 saturated heterocycles. The third kappa shape index (κ3) is 9.92. The molecule has 0 aromatic rings. The highest BCUT2D eigenvalue weighted by molar-refractivity contribution is 5.80. The fraction of sp³-hybridized carbons (Fsp3) is 0.923. The van der Waals surface area contributed by atoms with Gasteiger partial charge in [-0.1, -0.05) is 39.5 Å². The number of carbonyl (C=O) groups is 1. The molecule has 0 aliphatic rings. The van der Waals surface area contributed by atoms with Crippen LogP contribution in [0.5, 0.6) is 0 Å². The number of hydrogen-bond acceptors (Lipinski definition) is 2. The van der Waals surface area contributed by atoms with Gasteiger partial charge in [0.05, 0.1) is 6.54 Å². The minimum atomic E-state index is 0.367. The SMILES string of the molecule is CCCCCCCC(=O)CNC(C)CC. The summed E-state index contributed by atoms with van der Waals surface area (Å²) in [5, 5.41) is 3.23. The van der Waals surface area contributed by atoms with Crippen LogP contribution in [0.1, 0.15) is 65.7 Å². The Balaban J connectivity index is 3.26. The van der Waals surface area contributed by atoms with E-state index in [4.69, 9.17) is 0 Å². The van der Waals surface area contributed by atoms with Gasteiger partial charge in [0.15, 0.2) is 0 Å². The first-order valence-electron chi connectivity index (χ1n) is 6.45. The van der Waals surface area contributed by atoms with Crippen molar-refractivity contribution in [3.05, 3.63) is 0 Å². The average molecular weight is 213 g/mol. The number of nitrogens with one attached hydrogen (secondary N) is 1. The summed E-state index contributed by atoms with van der Waals surface area (Å²) in [6.07, 6.45) is 7.98. The molecule has 0 aliphatic heterocycles. The van der Waals surface area contributed by atoms with Gasteiger partial charge < -0.3 is 5.32 Å². The third-order valence-corrected chi connectivity index (χ3v) is 2.82. The van der Waals surface area contributed by atoms with E-state index >= 15 is 0 Å². The van der Waals surface area contributed by atoms with E-state index in [1.807, 2.05) is 0 Å². The quantitative estimate of drug-likeness (QED) is 0.564. The Bertz CT molecular complexity index is 157. The summed E-state index contributed by atoms with van der Waals surface area (Å²) >= 11 is 0. The van der Waals surface area contributed by atoms with Crippen LogP contribution in [-0.2, 0) is 4.79 Å². The molecule has 0 aliphatic carbocycles.